The Hall–Kier alpha value is -0.520. The van der Waals surface area contributed by atoms with Crippen LogP contribution in [-0.4, -0.2) is 37.0 Å². The van der Waals surface area contributed by atoms with Crippen LogP contribution in [-0.2, 0) is 11.2 Å². The molecule has 0 spiro atoms. The fourth-order valence-corrected chi connectivity index (χ4v) is 1.64. The van der Waals surface area contributed by atoms with E-state index < -0.39 is 0 Å². The Balaban J connectivity index is 2.06. The van der Waals surface area contributed by atoms with Crippen molar-refractivity contribution in [3.63, 3.8) is 0 Å². The van der Waals surface area contributed by atoms with Gasteiger partial charge in [0.25, 0.3) is 0 Å². The molecule has 5 heteroatoms. The predicted molar refractivity (Wildman–Crippen MR) is 53.1 cm³/mol. The SMILES string of the molecule is COCCNCCc1nnc(C)s1. The first-order valence-corrected chi connectivity index (χ1v) is 5.13. The molecule has 0 aromatic carbocycles. The number of ether oxygens (including phenoxy) is 1. The lowest BCUT2D eigenvalue weighted by atomic mass is 10.4. The standard InChI is InChI=1S/C8H15N3OS/c1-7-10-11-8(13-7)3-4-9-5-6-12-2/h9H,3-6H2,1-2H3. The second-order valence-electron chi connectivity index (χ2n) is 2.71. The van der Waals surface area contributed by atoms with Gasteiger partial charge in [0, 0.05) is 26.6 Å². The zero-order valence-electron chi connectivity index (χ0n) is 8.04. The highest BCUT2D eigenvalue weighted by Gasteiger charge is 1.98. The van der Waals surface area contributed by atoms with E-state index in [0.29, 0.717) is 0 Å². The Kier molecular flexibility index (Phi) is 4.88. The summed E-state index contributed by atoms with van der Waals surface area (Å²) in [4.78, 5) is 0. The molecular formula is C8H15N3OS. The van der Waals surface area contributed by atoms with Crippen molar-refractivity contribution in [2.45, 2.75) is 13.3 Å². The van der Waals surface area contributed by atoms with Gasteiger partial charge in [-0.3, -0.25) is 0 Å². The van der Waals surface area contributed by atoms with Crippen molar-refractivity contribution in [3.8, 4) is 0 Å². The van der Waals surface area contributed by atoms with Crippen molar-refractivity contribution in [2.75, 3.05) is 26.8 Å². The molecule has 0 saturated carbocycles. The van der Waals surface area contributed by atoms with Crippen LogP contribution in [0.15, 0.2) is 0 Å². The summed E-state index contributed by atoms with van der Waals surface area (Å²) in [5.74, 6) is 0. The molecule has 74 valence electrons. The van der Waals surface area contributed by atoms with E-state index in [-0.39, 0.29) is 0 Å². The van der Waals surface area contributed by atoms with E-state index in [0.717, 1.165) is 36.1 Å². The predicted octanol–water partition coefficient (Wildman–Crippen LogP) is 0.625. The van der Waals surface area contributed by atoms with Gasteiger partial charge in [0.15, 0.2) is 0 Å². The highest BCUT2D eigenvalue weighted by molar-refractivity contribution is 7.11. The van der Waals surface area contributed by atoms with Crippen LogP contribution in [0.2, 0.25) is 0 Å². The normalized spacial score (nSPS) is 10.6. The molecule has 0 amide bonds. The summed E-state index contributed by atoms with van der Waals surface area (Å²) in [6.07, 6.45) is 0.954. The fourth-order valence-electron chi connectivity index (χ4n) is 0.933. The lowest BCUT2D eigenvalue weighted by molar-refractivity contribution is 0.199. The summed E-state index contributed by atoms with van der Waals surface area (Å²) in [5, 5.41) is 13.4. The number of aryl methyl sites for hydroxylation is 1. The molecule has 0 unspecified atom stereocenters. The van der Waals surface area contributed by atoms with E-state index in [9.17, 15) is 0 Å². The molecule has 1 aromatic heterocycles. The van der Waals surface area contributed by atoms with Crippen LogP contribution in [0.4, 0.5) is 0 Å². The van der Waals surface area contributed by atoms with Crippen LogP contribution in [0.5, 0.6) is 0 Å². The zero-order valence-corrected chi connectivity index (χ0v) is 8.86. The average molecular weight is 201 g/mol. The Morgan fingerprint density at radius 2 is 2.23 bits per heavy atom. The Morgan fingerprint density at radius 3 is 2.85 bits per heavy atom. The number of methoxy groups -OCH3 is 1. The summed E-state index contributed by atoms with van der Waals surface area (Å²) in [6, 6.07) is 0. The first-order valence-electron chi connectivity index (χ1n) is 4.31. The van der Waals surface area contributed by atoms with Crippen LogP contribution in [0.25, 0.3) is 0 Å². The van der Waals surface area contributed by atoms with Gasteiger partial charge in [-0.15, -0.1) is 21.5 Å². The van der Waals surface area contributed by atoms with Crippen LogP contribution in [0, 0.1) is 6.92 Å². The fraction of sp³-hybridized carbons (Fsp3) is 0.750. The van der Waals surface area contributed by atoms with Crippen molar-refractivity contribution in [3.05, 3.63) is 10.0 Å². The third-order valence-corrected chi connectivity index (χ3v) is 2.46. The third-order valence-electron chi connectivity index (χ3n) is 1.57. The van der Waals surface area contributed by atoms with Crippen molar-refractivity contribution < 1.29 is 4.74 Å². The molecule has 0 fully saturated rings. The van der Waals surface area contributed by atoms with Crippen LogP contribution in [0.1, 0.15) is 10.0 Å². The monoisotopic (exact) mass is 201 g/mol. The van der Waals surface area contributed by atoms with Gasteiger partial charge < -0.3 is 10.1 Å². The van der Waals surface area contributed by atoms with Crippen molar-refractivity contribution in [2.24, 2.45) is 0 Å². The molecule has 1 aromatic rings. The maximum atomic E-state index is 4.91. The summed E-state index contributed by atoms with van der Waals surface area (Å²) >= 11 is 1.66. The van der Waals surface area contributed by atoms with Crippen molar-refractivity contribution >= 4 is 11.3 Å². The van der Waals surface area contributed by atoms with Gasteiger partial charge in [0.1, 0.15) is 10.0 Å². The smallest absolute Gasteiger partial charge is 0.118 e. The van der Waals surface area contributed by atoms with Crippen molar-refractivity contribution in [1.29, 1.82) is 0 Å². The maximum absolute atomic E-state index is 4.91. The molecule has 1 N–H and O–H groups in total. The maximum Gasteiger partial charge on any atom is 0.118 e. The second-order valence-corrected chi connectivity index (χ2v) is 3.97. The lowest BCUT2D eigenvalue weighted by Crippen LogP contribution is -2.21. The number of aromatic nitrogens is 2. The first-order chi connectivity index (χ1) is 6.33. The van der Waals surface area contributed by atoms with Crippen molar-refractivity contribution in [1.82, 2.24) is 15.5 Å². The highest BCUT2D eigenvalue weighted by atomic mass is 32.1. The van der Waals surface area contributed by atoms with E-state index in [1.54, 1.807) is 18.4 Å². The first kappa shape index (κ1) is 10.6. The quantitative estimate of drug-likeness (QED) is 0.686. The van der Waals surface area contributed by atoms with E-state index in [1.807, 2.05) is 6.92 Å². The Bertz CT molecular complexity index is 239. The molecule has 1 heterocycles. The van der Waals surface area contributed by atoms with Crippen LogP contribution < -0.4 is 5.32 Å². The molecule has 4 nitrogen and oxygen atoms in total. The largest absolute Gasteiger partial charge is 0.383 e. The summed E-state index contributed by atoms with van der Waals surface area (Å²) in [7, 11) is 1.70. The second kappa shape index (κ2) is 6.01. The number of nitrogens with one attached hydrogen (secondary N) is 1. The van der Waals surface area contributed by atoms with Crippen LogP contribution >= 0.6 is 11.3 Å². The lowest BCUT2D eigenvalue weighted by Gasteiger charge is -2.00. The summed E-state index contributed by atoms with van der Waals surface area (Å²) in [5.41, 5.74) is 0. The molecule has 0 aliphatic heterocycles. The van der Waals surface area contributed by atoms with Gasteiger partial charge in [-0.25, -0.2) is 0 Å². The van der Waals surface area contributed by atoms with Gasteiger partial charge in [-0.2, -0.15) is 0 Å². The number of hydrogen-bond donors (Lipinski definition) is 1. The molecular weight excluding hydrogens is 186 g/mol. The van der Waals surface area contributed by atoms with E-state index >= 15 is 0 Å². The van der Waals surface area contributed by atoms with Gasteiger partial charge in [-0.1, -0.05) is 0 Å². The molecule has 0 radical (unpaired) electrons. The minimum atomic E-state index is 0.759. The molecule has 0 aliphatic rings. The van der Waals surface area contributed by atoms with E-state index in [2.05, 4.69) is 15.5 Å². The van der Waals surface area contributed by atoms with Gasteiger partial charge >= 0.3 is 0 Å². The minimum Gasteiger partial charge on any atom is -0.383 e. The zero-order chi connectivity index (χ0) is 9.52. The van der Waals surface area contributed by atoms with Crippen LogP contribution in [0.3, 0.4) is 0 Å². The summed E-state index contributed by atoms with van der Waals surface area (Å²) in [6.45, 7) is 4.57. The number of nitrogens with zero attached hydrogens (tertiary/aromatic N) is 2. The molecule has 1 rings (SSSR count). The van der Waals surface area contributed by atoms with Gasteiger partial charge in [-0.05, 0) is 6.92 Å². The van der Waals surface area contributed by atoms with E-state index in [4.69, 9.17) is 4.74 Å². The van der Waals surface area contributed by atoms with Gasteiger partial charge in [0.2, 0.25) is 0 Å². The number of rotatable bonds is 6. The molecule has 13 heavy (non-hydrogen) atoms. The molecule has 0 saturated heterocycles. The average Bonchev–Trinajstić information content (AvgIpc) is 2.51. The Morgan fingerprint density at radius 1 is 1.38 bits per heavy atom. The molecule has 0 atom stereocenters. The molecule has 0 bridgehead atoms. The summed E-state index contributed by atoms with van der Waals surface area (Å²) < 4.78 is 4.91. The van der Waals surface area contributed by atoms with Gasteiger partial charge in [0.05, 0.1) is 6.61 Å². The molecule has 0 aliphatic carbocycles. The minimum absolute atomic E-state index is 0.759. The van der Waals surface area contributed by atoms with E-state index in [1.165, 1.54) is 0 Å². The third kappa shape index (κ3) is 4.31. The Labute approximate surface area is 82.3 Å². The topological polar surface area (TPSA) is 47.0 Å². The number of hydrogen-bond acceptors (Lipinski definition) is 5. The highest BCUT2D eigenvalue weighted by Crippen LogP contribution is 2.07.